The molecule has 4 aromatic rings. The zero-order valence-electron chi connectivity index (χ0n) is 27.0. The molecule has 0 aliphatic carbocycles. The summed E-state index contributed by atoms with van der Waals surface area (Å²) >= 11 is 0. The standard InChI is InChI=1S/C40H41N3O4/c1-4-29-26-33(27-35(47-3)28(29)2)38(44)40(46)43-21-20-34(30-14-8-5-9-15-30)37(43)39(45)42-24-22-41(23-25-42)36(31-16-10-6-11-17-31)32-18-12-7-13-19-32/h4-19,26-27,34,36-37H,1,20-25H2,2-3H3/t34-,37-/m0/s1. The second kappa shape index (κ2) is 14.2. The van der Waals surface area contributed by atoms with Crippen molar-refractivity contribution in [3.05, 3.63) is 143 Å². The van der Waals surface area contributed by atoms with E-state index in [1.54, 1.807) is 18.2 Å². The van der Waals surface area contributed by atoms with Crippen LogP contribution in [0.15, 0.2) is 110 Å². The number of amides is 2. The van der Waals surface area contributed by atoms with Crippen LogP contribution < -0.4 is 4.74 Å². The van der Waals surface area contributed by atoms with E-state index < -0.39 is 17.7 Å². The number of carbonyl (C=O) groups excluding carboxylic acids is 3. The molecule has 4 aromatic carbocycles. The molecule has 2 amide bonds. The highest BCUT2D eigenvalue weighted by Gasteiger charge is 2.46. The molecule has 0 aromatic heterocycles. The fourth-order valence-electron chi connectivity index (χ4n) is 7.17. The highest BCUT2D eigenvalue weighted by molar-refractivity contribution is 6.43. The van der Waals surface area contributed by atoms with Gasteiger partial charge in [0.05, 0.1) is 13.2 Å². The van der Waals surface area contributed by atoms with Gasteiger partial charge in [-0.25, -0.2) is 0 Å². The number of piperazine rings is 1. The van der Waals surface area contributed by atoms with Crippen molar-refractivity contribution < 1.29 is 19.1 Å². The molecule has 2 heterocycles. The summed E-state index contributed by atoms with van der Waals surface area (Å²) in [7, 11) is 1.53. The highest BCUT2D eigenvalue weighted by Crippen LogP contribution is 2.36. The van der Waals surface area contributed by atoms with Crippen molar-refractivity contribution in [3.63, 3.8) is 0 Å². The van der Waals surface area contributed by atoms with Crippen LogP contribution in [0.4, 0.5) is 0 Å². The van der Waals surface area contributed by atoms with Crippen LogP contribution in [0.25, 0.3) is 6.08 Å². The van der Waals surface area contributed by atoms with Gasteiger partial charge in [0.15, 0.2) is 0 Å². The maximum absolute atomic E-state index is 14.5. The molecule has 2 aliphatic rings. The van der Waals surface area contributed by atoms with E-state index >= 15 is 0 Å². The Kier molecular flexibility index (Phi) is 9.64. The van der Waals surface area contributed by atoms with E-state index in [2.05, 4.69) is 60.0 Å². The molecular formula is C40H41N3O4. The summed E-state index contributed by atoms with van der Waals surface area (Å²) in [5.74, 6) is -1.14. The first kappa shape index (κ1) is 32.0. The zero-order chi connectivity index (χ0) is 32.9. The van der Waals surface area contributed by atoms with E-state index in [0.29, 0.717) is 44.9 Å². The molecule has 6 rings (SSSR count). The van der Waals surface area contributed by atoms with Gasteiger partial charge in [0.2, 0.25) is 5.91 Å². The molecule has 0 N–H and O–H groups in total. The maximum Gasteiger partial charge on any atom is 0.295 e. The number of benzene rings is 4. The van der Waals surface area contributed by atoms with Gasteiger partial charge in [0.25, 0.3) is 11.7 Å². The smallest absolute Gasteiger partial charge is 0.295 e. The normalized spacial score (nSPS) is 18.3. The molecule has 7 nitrogen and oxygen atoms in total. The third-order valence-electron chi connectivity index (χ3n) is 9.66. The number of likely N-dealkylation sites (tertiary alicyclic amines) is 1. The van der Waals surface area contributed by atoms with Crippen LogP contribution in [0.2, 0.25) is 0 Å². The molecule has 0 bridgehead atoms. The van der Waals surface area contributed by atoms with Crippen molar-refractivity contribution in [3.8, 4) is 5.75 Å². The molecular weight excluding hydrogens is 586 g/mol. The zero-order valence-corrected chi connectivity index (χ0v) is 27.0. The number of hydrogen-bond acceptors (Lipinski definition) is 5. The van der Waals surface area contributed by atoms with E-state index in [0.717, 1.165) is 16.7 Å². The summed E-state index contributed by atoms with van der Waals surface area (Å²) in [4.78, 5) is 48.0. The number of ketones is 1. The molecule has 0 saturated carbocycles. The van der Waals surface area contributed by atoms with Crippen molar-refractivity contribution >= 4 is 23.7 Å². The Labute approximate surface area is 277 Å². The summed E-state index contributed by atoms with van der Waals surface area (Å²) in [6, 6.07) is 33.3. The van der Waals surface area contributed by atoms with Crippen molar-refractivity contribution in [2.24, 2.45) is 0 Å². The summed E-state index contributed by atoms with van der Waals surface area (Å²) in [5.41, 5.74) is 5.20. The van der Waals surface area contributed by atoms with Crippen LogP contribution in [0.1, 0.15) is 56.6 Å². The molecule has 2 aliphatic heterocycles. The lowest BCUT2D eigenvalue weighted by Crippen LogP contribution is -2.56. The fourth-order valence-corrected chi connectivity index (χ4v) is 7.17. The number of Topliss-reactive ketones (excluding diaryl/α,β-unsaturated/α-hetero) is 1. The Balaban J connectivity index is 1.25. The third kappa shape index (κ3) is 6.49. The molecule has 0 radical (unpaired) electrons. The van der Waals surface area contributed by atoms with Crippen molar-refractivity contribution in [2.75, 3.05) is 39.8 Å². The summed E-state index contributed by atoms with van der Waals surface area (Å²) < 4.78 is 5.49. The predicted octanol–water partition coefficient (Wildman–Crippen LogP) is 6.15. The van der Waals surface area contributed by atoms with Crippen molar-refractivity contribution in [2.45, 2.75) is 31.3 Å². The minimum atomic E-state index is -0.773. The minimum Gasteiger partial charge on any atom is -0.496 e. The van der Waals surface area contributed by atoms with Crippen LogP contribution >= 0.6 is 0 Å². The summed E-state index contributed by atoms with van der Waals surface area (Å²) in [6.07, 6.45) is 2.24. The summed E-state index contributed by atoms with van der Waals surface area (Å²) in [5, 5.41) is 0. The second-order valence-electron chi connectivity index (χ2n) is 12.3. The van der Waals surface area contributed by atoms with Crippen LogP contribution in [-0.4, -0.2) is 78.2 Å². The molecule has 0 spiro atoms. The minimum absolute atomic E-state index is 0.0702. The van der Waals surface area contributed by atoms with E-state index in [-0.39, 0.29) is 23.4 Å². The van der Waals surface area contributed by atoms with Gasteiger partial charge < -0.3 is 14.5 Å². The number of hydrogen-bond donors (Lipinski definition) is 0. The van der Waals surface area contributed by atoms with Gasteiger partial charge in [-0.3, -0.25) is 19.3 Å². The number of methoxy groups -OCH3 is 1. The Bertz CT molecular complexity index is 1690. The Morgan fingerprint density at radius 2 is 1.38 bits per heavy atom. The van der Waals surface area contributed by atoms with Gasteiger partial charge in [0.1, 0.15) is 11.8 Å². The molecule has 47 heavy (non-hydrogen) atoms. The molecule has 0 unspecified atom stereocenters. The number of nitrogens with zero attached hydrogens (tertiary/aromatic N) is 3. The molecule has 2 atom stereocenters. The Hall–Kier alpha value is -5.01. The summed E-state index contributed by atoms with van der Waals surface area (Å²) in [6.45, 7) is 8.48. The quantitative estimate of drug-likeness (QED) is 0.165. The topological polar surface area (TPSA) is 70.2 Å². The molecule has 240 valence electrons. The molecule has 7 heteroatoms. The first-order valence-corrected chi connectivity index (χ1v) is 16.2. The van der Waals surface area contributed by atoms with Crippen LogP contribution in [-0.2, 0) is 9.59 Å². The second-order valence-corrected chi connectivity index (χ2v) is 12.3. The highest BCUT2D eigenvalue weighted by atomic mass is 16.5. The fraction of sp³-hybridized carbons (Fsp3) is 0.275. The number of carbonyl (C=O) groups is 3. The van der Waals surface area contributed by atoms with Crippen molar-refractivity contribution in [1.29, 1.82) is 0 Å². The number of rotatable bonds is 9. The molecule has 2 fully saturated rings. The largest absolute Gasteiger partial charge is 0.496 e. The van der Waals surface area contributed by atoms with Gasteiger partial charge in [-0.05, 0) is 53.3 Å². The van der Waals surface area contributed by atoms with Gasteiger partial charge in [-0.1, -0.05) is 104 Å². The van der Waals surface area contributed by atoms with Crippen LogP contribution in [0.5, 0.6) is 5.75 Å². The average molecular weight is 628 g/mol. The van der Waals surface area contributed by atoms with E-state index in [4.69, 9.17) is 4.74 Å². The lowest BCUT2D eigenvalue weighted by molar-refractivity contribution is -0.143. The first-order valence-electron chi connectivity index (χ1n) is 16.2. The first-order chi connectivity index (χ1) is 22.9. The van der Waals surface area contributed by atoms with E-state index in [1.807, 2.05) is 54.3 Å². The average Bonchev–Trinajstić information content (AvgIpc) is 3.58. The van der Waals surface area contributed by atoms with Crippen LogP contribution in [0, 0.1) is 6.92 Å². The van der Waals surface area contributed by atoms with Gasteiger partial charge in [0, 0.05) is 44.2 Å². The van der Waals surface area contributed by atoms with Gasteiger partial charge >= 0.3 is 0 Å². The maximum atomic E-state index is 14.5. The number of ether oxygens (including phenoxy) is 1. The monoisotopic (exact) mass is 627 g/mol. The van der Waals surface area contributed by atoms with Gasteiger partial charge in [-0.15, -0.1) is 0 Å². The van der Waals surface area contributed by atoms with E-state index in [1.165, 1.54) is 23.1 Å². The third-order valence-corrected chi connectivity index (χ3v) is 9.66. The van der Waals surface area contributed by atoms with Crippen LogP contribution in [0.3, 0.4) is 0 Å². The Morgan fingerprint density at radius 1 is 0.809 bits per heavy atom. The SMILES string of the molecule is C=Cc1cc(C(=O)C(=O)N2CC[C@@H](c3ccccc3)[C@H]2C(=O)N2CCN(C(c3ccccc3)c3ccccc3)CC2)cc(OC)c1C. The van der Waals surface area contributed by atoms with Gasteiger partial charge in [-0.2, -0.15) is 0 Å². The predicted molar refractivity (Wildman–Crippen MR) is 184 cm³/mol. The van der Waals surface area contributed by atoms with Crippen molar-refractivity contribution in [1.82, 2.24) is 14.7 Å². The lowest BCUT2D eigenvalue weighted by Gasteiger charge is -2.41. The van der Waals surface area contributed by atoms with E-state index in [9.17, 15) is 14.4 Å². The molecule has 2 saturated heterocycles. The Morgan fingerprint density at radius 3 is 1.94 bits per heavy atom. The lowest BCUT2D eigenvalue weighted by atomic mass is 9.90.